The van der Waals surface area contributed by atoms with E-state index in [0.29, 0.717) is 23.4 Å². The topological polar surface area (TPSA) is 21.3 Å². The number of hydrogen-bond donors (Lipinski definition) is 1. The largest absolute Gasteiger partial charge is 0.378 e. The number of halogens is 1. The molecule has 2 fully saturated rings. The van der Waals surface area contributed by atoms with Crippen molar-refractivity contribution in [3.63, 3.8) is 0 Å². The lowest BCUT2D eigenvalue weighted by atomic mass is 9.61. The number of piperidine rings is 1. The van der Waals surface area contributed by atoms with Gasteiger partial charge in [-0.3, -0.25) is 0 Å². The monoisotopic (exact) mass is 291 g/mol. The summed E-state index contributed by atoms with van der Waals surface area (Å²) in [6.45, 7) is 7.44. The van der Waals surface area contributed by atoms with E-state index in [2.05, 4.69) is 19.2 Å². The Morgan fingerprint density at radius 2 is 2.00 bits per heavy atom. The zero-order chi connectivity index (χ0) is 14.9. The zero-order valence-electron chi connectivity index (χ0n) is 13.1. The molecule has 116 valence electrons. The molecule has 0 radical (unpaired) electrons. The van der Waals surface area contributed by atoms with E-state index < -0.39 is 0 Å². The van der Waals surface area contributed by atoms with Gasteiger partial charge in [-0.1, -0.05) is 26.0 Å². The third kappa shape index (κ3) is 3.00. The van der Waals surface area contributed by atoms with Crippen LogP contribution in [0, 0.1) is 17.2 Å². The molecular formula is C18H26FNO. The van der Waals surface area contributed by atoms with Crippen molar-refractivity contribution >= 4 is 0 Å². The average molecular weight is 291 g/mol. The summed E-state index contributed by atoms with van der Waals surface area (Å²) >= 11 is 0. The summed E-state index contributed by atoms with van der Waals surface area (Å²) in [7, 11) is 0. The van der Waals surface area contributed by atoms with E-state index >= 15 is 0 Å². The van der Waals surface area contributed by atoms with Gasteiger partial charge in [-0.05, 0) is 54.8 Å². The van der Waals surface area contributed by atoms with Crippen LogP contribution in [0.25, 0.3) is 0 Å². The predicted molar refractivity (Wildman–Crippen MR) is 82.9 cm³/mol. The van der Waals surface area contributed by atoms with Crippen molar-refractivity contribution in [2.45, 2.75) is 45.1 Å². The van der Waals surface area contributed by atoms with Crippen molar-refractivity contribution in [2.24, 2.45) is 11.3 Å². The Morgan fingerprint density at radius 1 is 1.24 bits per heavy atom. The maximum Gasteiger partial charge on any atom is 0.123 e. The number of hydrogen-bond acceptors (Lipinski definition) is 2. The minimum Gasteiger partial charge on any atom is -0.378 e. The smallest absolute Gasteiger partial charge is 0.123 e. The van der Waals surface area contributed by atoms with Gasteiger partial charge in [-0.2, -0.15) is 0 Å². The van der Waals surface area contributed by atoms with Crippen LogP contribution in [0.3, 0.4) is 0 Å². The number of rotatable bonds is 2. The van der Waals surface area contributed by atoms with Crippen LogP contribution in [0.4, 0.5) is 4.39 Å². The molecule has 1 aromatic rings. The van der Waals surface area contributed by atoms with Crippen molar-refractivity contribution in [3.8, 4) is 0 Å². The summed E-state index contributed by atoms with van der Waals surface area (Å²) in [6, 6.07) is 7.12. The Labute approximate surface area is 127 Å². The molecule has 1 spiro atoms. The molecule has 2 aliphatic heterocycles. The lowest BCUT2D eigenvalue weighted by Gasteiger charge is -2.50. The van der Waals surface area contributed by atoms with Crippen molar-refractivity contribution in [1.82, 2.24) is 5.32 Å². The van der Waals surface area contributed by atoms with Gasteiger partial charge >= 0.3 is 0 Å². The summed E-state index contributed by atoms with van der Waals surface area (Å²) in [5.74, 6) is 0.881. The minimum absolute atomic E-state index is 0.149. The Morgan fingerprint density at radius 3 is 2.71 bits per heavy atom. The standard InChI is InChI=1S/C18H26FNO/c1-13(2)17-11-18(8-10-21-17)7-9-20-12-16(18)14-3-5-15(19)6-4-14/h3-6,13,16-17,20H,7-12H2,1-2H3. The van der Waals surface area contributed by atoms with E-state index in [9.17, 15) is 4.39 Å². The van der Waals surface area contributed by atoms with Crippen molar-refractivity contribution in [3.05, 3.63) is 35.6 Å². The first-order chi connectivity index (χ1) is 10.1. The van der Waals surface area contributed by atoms with E-state index in [0.717, 1.165) is 32.5 Å². The highest BCUT2D eigenvalue weighted by Crippen LogP contribution is 2.50. The highest BCUT2D eigenvalue weighted by atomic mass is 19.1. The van der Waals surface area contributed by atoms with Gasteiger partial charge in [0.2, 0.25) is 0 Å². The average Bonchev–Trinajstić information content (AvgIpc) is 2.49. The molecule has 3 unspecified atom stereocenters. The third-order valence-electron chi connectivity index (χ3n) is 5.44. The molecule has 21 heavy (non-hydrogen) atoms. The van der Waals surface area contributed by atoms with Gasteiger partial charge in [0.15, 0.2) is 0 Å². The molecule has 2 nitrogen and oxygen atoms in total. The van der Waals surface area contributed by atoms with Gasteiger partial charge in [-0.15, -0.1) is 0 Å². The summed E-state index contributed by atoms with van der Waals surface area (Å²) < 4.78 is 19.2. The molecule has 1 aromatic carbocycles. The first kappa shape index (κ1) is 15.0. The van der Waals surface area contributed by atoms with E-state index in [1.807, 2.05) is 12.1 Å². The zero-order valence-corrected chi connectivity index (χ0v) is 13.1. The minimum atomic E-state index is -0.149. The summed E-state index contributed by atoms with van der Waals surface area (Å²) in [5, 5.41) is 3.53. The Kier molecular flexibility index (Phi) is 4.32. The summed E-state index contributed by atoms with van der Waals surface area (Å²) in [4.78, 5) is 0. The van der Waals surface area contributed by atoms with Gasteiger partial charge < -0.3 is 10.1 Å². The number of nitrogens with one attached hydrogen (secondary N) is 1. The third-order valence-corrected chi connectivity index (χ3v) is 5.44. The Bertz CT molecular complexity index is 469. The van der Waals surface area contributed by atoms with Crippen LogP contribution in [0.1, 0.15) is 44.6 Å². The van der Waals surface area contributed by atoms with Crippen molar-refractivity contribution < 1.29 is 9.13 Å². The van der Waals surface area contributed by atoms with E-state index in [1.54, 1.807) is 12.1 Å². The van der Waals surface area contributed by atoms with Crippen LogP contribution in [-0.4, -0.2) is 25.8 Å². The van der Waals surface area contributed by atoms with Crippen LogP contribution < -0.4 is 5.32 Å². The fraction of sp³-hybridized carbons (Fsp3) is 0.667. The molecular weight excluding hydrogens is 265 g/mol. The molecule has 0 aromatic heterocycles. The van der Waals surface area contributed by atoms with Crippen LogP contribution in [-0.2, 0) is 4.74 Å². The summed E-state index contributed by atoms with van der Waals surface area (Å²) in [5.41, 5.74) is 1.59. The number of ether oxygens (including phenoxy) is 1. The fourth-order valence-electron chi connectivity index (χ4n) is 4.09. The molecule has 3 atom stereocenters. The first-order valence-electron chi connectivity index (χ1n) is 8.18. The normalized spacial score (nSPS) is 33.5. The lowest BCUT2D eigenvalue weighted by molar-refractivity contribution is -0.0862. The molecule has 3 heteroatoms. The van der Waals surface area contributed by atoms with Gasteiger partial charge in [0.25, 0.3) is 0 Å². The fourth-order valence-corrected chi connectivity index (χ4v) is 4.09. The van der Waals surface area contributed by atoms with E-state index in [1.165, 1.54) is 12.0 Å². The van der Waals surface area contributed by atoms with Crippen LogP contribution in [0.15, 0.2) is 24.3 Å². The Balaban J connectivity index is 1.88. The van der Waals surface area contributed by atoms with E-state index in [4.69, 9.17) is 4.74 Å². The Hall–Kier alpha value is -0.930. The quantitative estimate of drug-likeness (QED) is 0.896. The SMILES string of the molecule is CC(C)C1CC2(CCNCC2c2ccc(F)cc2)CCO1. The van der Waals surface area contributed by atoms with Gasteiger partial charge in [0, 0.05) is 19.1 Å². The summed E-state index contributed by atoms with van der Waals surface area (Å²) in [6.07, 6.45) is 3.82. The molecule has 1 N–H and O–H groups in total. The molecule has 2 aliphatic rings. The second-order valence-electron chi connectivity index (χ2n) is 7.03. The first-order valence-corrected chi connectivity index (χ1v) is 8.18. The highest BCUT2D eigenvalue weighted by molar-refractivity contribution is 5.25. The lowest BCUT2D eigenvalue weighted by Crippen LogP contribution is -2.49. The predicted octanol–water partition coefficient (Wildman–Crippen LogP) is 3.72. The molecule has 0 saturated carbocycles. The van der Waals surface area contributed by atoms with Crippen molar-refractivity contribution in [2.75, 3.05) is 19.7 Å². The van der Waals surface area contributed by atoms with Gasteiger partial charge in [0.1, 0.15) is 5.82 Å². The molecule has 0 aliphatic carbocycles. The maximum atomic E-state index is 13.2. The molecule has 3 rings (SSSR count). The molecule has 2 saturated heterocycles. The second-order valence-corrected chi connectivity index (χ2v) is 7.03. The number of benzene rings is 1. The van der Waals surface area contributed by atoms with Gasteiger partial charge in [0.05, 0.1) is 6.10 Å². The highest BCUT2D eigenvalue weighted by Gasteiger charge is 2.45. The van der Waals surface area contributed by atoms with Crippen LogP contribution >= 0.6 is 0 Å². The van der Waals surface area contributed by atoms with Gasteiger partial charge in [-0.25, -0.2) is 4.39 Å². The maximum absolute atomic E-state index is 13.2. The molecule has 0 amide bonds. The molecule has 0 bridgehead atoms. The van der Waals surface area contributed by atoms with Crippen LogP contribution in [0.2, 0.25) is 0 Å². The second kappa shape index (κ2) is 6.05. The van der Waals surface area contributed by atoms with Crippen molar-refractivity contribution in [1.29, 1.82) is 0 Å². The van der Waals surface area contributed by atoms with Crippen LogP contribution in [0.5, 0.6) is 0 Å². The van der Waals surface area contributed by atoms with E-state index in [-0.39, 0.29) is 5.82 Å². The molecule has 2 heterocycles.